The monoisotopic (exact) mass is 284 g/mol. The number of rotatable bonds is 3. The highest BCUT2D eigenvalue weighted by atomic mass is 32.2. The summed E-state index contributed by atoms with van der Waals surface area (Å²) in [4.78, 5) is 12.2. The molecule has 0 radical (unpaired) electrons. The minimum absolute atomic E-state index is 0.417. The Morgan fingerprint density at radius 3 is 2.26 bits per heavy atom. The molecule has 0 aliphatic heterocycles. The minimum Gasteiger partial charge on any atom is -0.397 e. The summed E-state index contributed by atoms with van der Waals surface area (Å²) < 4.78 is 21.8. The molecule has 0 saturated heterocycles. The SMILES string of the molecule is Cc1ccc(N)c(NC(=O)C(C)(C)S(C)(=O)=O)c1C. The van der Waals surface area contributed by atoms with Crippen molar-refractivity contribution in [1.29, 1.82) is 0 Å². The van der Waals surface area contributed by atoms with Crippen LogP contribution in [-0.4, -0.2) is 25.3 Å². The van der Waals surface area contributed by atoms with Crippen LogP contribution >= 0.6 is 0 Å². The summed E-state index contributed by atoms with van der Waals surface area (Å²) >= 11 is 0. The van der Waals surface area contributed by atoms with E-state index in [4.69, 9.17) is 5.73 Å². The topological polar surface area (TPSA) is 89.3 Å². The lowest BCUT2D eigenvalue weighted by atomic mass is 10.1. The number of carbonyl (C=O) groups is 1. The fraction of sp³-hybridized carbons (Fsp3) is 0.462. The molecular weight excluding hydrogens is 264 g/mol. The van der Waals surface area contributed by atoms with E-state index >= 15 is 0 Å². The predicted molar refractivity (Wildman–Crippen MR) is 77.9 cm³/mol. The van der Waals surface area contributed by atoms with Crippen molar-refractivity contribution in [3.63, 3.8) is 0 Å². The lowest BCUT2D eigenvalue weighted by Gasteiger charge is -2.23. The molecular formula is C13H20N2O3S. The number of anilines is 2. The average molecular weight is 284 g/mol. The number of nitrogens with one attached hydrogen (secondary N) is 1. The summed E-state index contributed by atoms with van der Waals surface area (Å²) in [6.07, 6.45) is 1.04. The van der Waals surface area contributed by atoms with Crippen LogP contribution in [0.25, 0.3) is 0 Å². The van der Waals surface area contributed by atoms with Gasteiger partial charge in [-0.3, -0.25) is 4.79 Å². The zero-order valence-electron chi connectivity index (χ0n) is 11.9. The largest absolute Gasteiger partial charge is 0.397 e. The lowest BCUT2D eigenvalue weighted by molar-refractivity contribution is -0.117. The van der Waals surface area contributed by atoms with Gasteiger partial charge in [-0.15, -0.1) is 0 Å². The number of sulfone groups is 1. The molecule has 106 valence electrons. The van der Waals surface area contributed by atoms with Gasteiger partial charge in [-0.05, 0) is 44.9 Å². The summed E-state index contributed by atoms with van der Waals surface area (Å²) in [5.41, 5.74) is 8.52. The number of aryl methyl sites for hydroxylation is 1. The second-order valence-corrected chi connectivity index (χ2v) is 7.77. The normalized spacial score (nSPS) is 12.3. The summed E-state index contributed by atoms with van der Waals surface area (Å²) in [5, 5.41) is 2.62. The van der Waals surface area contributed by atoms with Crippen LogP contribution in [0.3, 0.4) is 0 Å². The third-order valence-corrected chi connectivity index (χ3v) is 5.52. The van der Waals surface area contributed by atoms with Gasteiger partial charge in [-0.25, -0.2) is 8.42 Å². The van der Waals surface area contributed by atoms with E-state index < -0.39 is 20.5 Å². The molecule has 0 spiro atoms. The van der Waals surface area contributed by atoms with Crippen molar-refractivity contribution in [3.05, 3.63) is 23.3 Å². The number of carbonyl (C=O) groups excluding carboxylic acids is 1. The van der Waals surface area contributed by atoms with E-state index in [0.717, 1.165) is 17.4 Å². The van der Waals surface area contributed by atoms with Crippen LogP contribution in [0.1, 0.15) is 25.0 Å². The first-order valence-corrected chi connectivity index (χ1v) is 7.74. The Balaban J connectivity index is 3.19. The van der Waals surface area contributed by atoms with E-state index in [-0.39, 0.29) is 0 Å². The Bertz CT molecular complexity index is 619. The van der Waals surface area contributed by atoms with Crippen molar-refractivity contribution >= 4 is 27.1 Å². The summed E-state index contributed by atoms with van der Waals surface area (Å²) in [6.45, 7) is 6.47. The molecule has 0 aromatic heterocycles. The highest BCUT2D eigenvalue weighted by molar-refractivity contribution is 7.92. The number of nitrogens with two attached hydrogens (primary N) is 1. The molecule has 0 aliphatic rings. The molecule has 0 unspecified atom stereocenters. The third-order valence-electron chi connectivity index (χ3n) is 3.48. The quantitative estimate of drug-likeness (QED) is 0.826. The van der Waals surface area contributed by atoms with Crippen LogP contribution in [0.4, 0.5) is 11.4 Å². The van der Waals surface area contributed by atoms with Crippen molar-refractivity contribution < 1.29 is 13.2 Å². The van der Waals surface area contributed by atoms with Crippen LogP contribution in [0, 0.1) is 13.8 Å². The molecule has 0 heterocycles. The maximum absolute atomic E-state index is 12.2. The Morgan fingerprint density at radius 1 is 1.26 bits per heavy atom. The number of nitrogen functional groups attached to an aromatic ring is 1. The van der Waals surface area contributed by atoms with Crippen molar-refractivity contribution in [2.45, 2.75) is 32.4 Å². The molecule has 0 atom stereocenters. The van der Waals surface area contributed by atoms with E-state index in [0.29, 0.717) is 11.4 Å². The summed E-state index contributed by atoms with van der Waals surface area (Å²) in [5.74, 6) is -0.588. The Labute approximate surface area is 114 Å². The van der Waals surface area contributed by atoms with Gasteiger partial charge >= 0.3 is 0 Å². The van der Waals surface area contributed by atoms with E-state index in [2.05, 4.69) is 5.32 Å². The smallest absolute Gasteiger partial charge is 0.245 e. The van der Waals surface area contributed by atoms with Gasteiger partial charge in [0.2, 0.25) is 5.91 Å². The molecule has 1 rings (SSSR count). The first kappa shape index (κ1) is 15.5. The molecule has 0 aliphatic carbocycles. The zero-order valence-corrected chi connectivity index (χ0v) is 12.7. The highest BCUT2D eigenvalue weighted by Crippen LogP contribution is 2.27. The van der Waals surface area contributed by atoms with Crippen molar-refractivity contribution in [1.82, 2.24) is 0 Å². The van der Waals surface area contributed by atoms with Crippen molar-refractivity contribution in [2.75, 3.05) is 17.3 Å². The summed E-state index contributed by atoms with van der Waals surface area (Å²) in [6, 6.07) is 3.54. The van der Waals surface area contributed by atoms with Crippen molar-refractivity contribution in [2.24, 2.45) is 0 Å². The van der Waals surface area contributed by atoms with Crippen LogP contribution in [0.15, 0.2) is 12.1 Å². The highest BCUT2D eigenvalue weighted by Gasteiger charge is 2.38. The second-order valence-electron chi connectivity index (χ2n) is 5.21. The van der Waals surface area contributed by atoms with E-state index in [9.17, 15) is 13.2 Å². The van der Waals surface area contributed by atoms with E-state index in [1.807, 2.05) is 19.9 Å². The minimum atomic E-state index is -3.51. The lowest BCUT2D eigenvalue weighted by Crippen LogP contribution is -2.44. The second kappa shape index (κ2) is 4.85. The van der Waals surface area contributed by atoms with Gasteiger partial charge in [-0.2, -0.15) is 0 Å². The summed E-state index contributed by atoms with van der Waals surface area (Å²) in [7, 11) is -3.51. The van der Waals surface area contributed by atoms with Gasteiger partial charge in [0.1, 0.15) is 4.75 Å². The molecule has 3 N–H and O–H groups in total. The number of benzene rings is 1. The molecule has 0 fully saturated rings. The molecule has 1 aromatic carbocycles. The van der Waals surface area contributed by atoms with Crippen LogP contribution in [-0.2, 0) is 14.6 Å². The molecule has 0 bridgehead atoms. The van der Waals surface area contributed by atoms with Gasteiger partial charge in [0, 0.05) is 6.26 Å². The molecule has 1 aromatic rings. The molecule has 5 nitrogen and oxygen atoms in total. The third kappa shape index (κ3) is 2.89. The Kier molecular flexibility index (Phi) is 3.95. The Morgan fingerprint density at radius 2 is 1.79 bits per heavy atom. The fourth-order valence-corrected chi connectivity index (χ4v) is 1.82. The zero-order chi connectivity index (χ0) is 15.0. The van der Waals surface area contributed by atoms with Crippen LogP contribution < -0.4 is 11.1 Å². The predicted octanol–water partition coefficient (Wildman–Crippen LogP) is 1.65. The van der Waals surface area contributed by atoms with Gasteiger partial charge < -0.3 is 11.1 Å². The molecule has 19 heavy (non-hydrogen) atoms. The van der Waals surface area contributed by atoms with Crippen LogP contribution in [0.2, 0.25) is 0 Å². The van der Waals surface area contributed by atoms with E-state index in [1.165, 1.54) is 13.8 Å². The van der Waals surface area contributed by atoms with E-state index in [1.54, 1.807) is 6.07 Å². The number of hydrogen-bond donors (Lipinski definition) is 2. The Hall–Kier alpha value is -1.56. The fourth-order valence-electron chi connectivity index (χ4n) is 1.44. The maximum atomic E-state index is 12.2. The standard InChI is InChI=1S/C13H20N2O3S/c1-8-6-7-10(14)11(9(8)2)15-12(16)13(3,4)19(5,17)18/h6-7H,14H2,1-5H3,(H,15,16). The molecule has 6 heteroatoms. The molecule has 1 amide bonds. The maximum Gasteiger partial charge on any atom is 0.245 e. The van der Waals surface area contributed by atoms with Crippen LogP contribution in [0.5, 0.6) is 0 Å². The first-order chi connectivity index (χ1) is 8.48. The number of hydrogen-bond acceptors (Lipinski definition) is 4. The van der Waals surface area contributed by atoms with Gasteiger partial charge in [-0.1, -0.05) is 6.07 Å². The van der Waals surface area contributed by atoms with Crippen molar-refractivity contribution in [3.8, 4) is 0 Å². The number of amides is 1. The average Bonchev–Trinajstić information content (AvgIpc) is 2.27. The van der Waals surface area contributed by atoms with Gasteiger partial charge in [0.25, 0.3) is 0 Å². The van der Waals surface area contributed by atoms with Gasteiger partial charge in [0.05, 0.1) is 11.4 Å². The molecule has 0 saturated carbocycles. The first-order valence-electron chi connectivity index (χ1n) is 5.85. The van der Waals surface area contributed by atoms with Gasteiger partial charge in [0.15, 0.2) is 9.84 Å².